The quantitative estimate of drug-likeness (QED) is 0.877. The molecule has 1 N–H and O–H groups in total. The molecule has 20 heavy (non-hydrogen) atoms. The Morgan fingerprint density at radius 1 is 1.40 bits per heavy atom. The van der Waals surface area contributed by atoms with Gasteiger partial charge in [-0.05, 0) is 37.8 Å². The first-order valence-corrected chi connectivity index (χ1v) is 7.23. The number of pyridine rings is 1. The van der Waals surface area contributed by atoms with E-state index in [1.807, 2.05) is 23.1 Å². The van der Waals surface area contributed by atoms with Gasteiger partial charge in [-0.15, -0.1) is 0 Å². The molecule has 108 valence electrons. The van der Waals surface area contributed by atoms with Crippen molar-refractivity contribution in [1.29, 1.82) is 0 Å². The zero-order valence-electron chi connectivity index (χ0n) is 11.5. The van der Waals surface area contributed by atoms with Gasteiger partial charge in [0.25, 0.3) is 5.91 Å². The summed E-state index contributed by atoms with van der Waals surface area (Å²) in [5.74, 6) is 0.0746. The molecule has 0 aromatic carbocycles. The Bertz CT molecular complexity index is 463. The van der Waals surface area contributed by atoms with Gasteiger partial charge in [0.1, 0.15) is 11.7 Å². The molecule has 5 nitrogen and oxygen atoms in total. The fourth-order valence-corrected chi connectivity index (χ4v) is 2.97. The lowest BCUT2D eigenvalue weighted by Gasteiger charge is -2.38. The Balaban J connectivity index is 1.63. The average molecular weight is 276 g/mol. The number of carbonyl (C=O) groups excluding carboxylic acids is 1. The first kappa shape index (κ1) is 13.5. The molecule has 0 bridgehead atoms. The third-order valence-electron chi connectivity index (χ3n) is 4.25. The molecule has 0 unspecified atom stereocenters. The van der Waals surface area contributed by atoms with E-state index in [0.717, 1.165) is 12.8 Å². The molecule has 2 aliphatic heterocycles. The smallest absolute Gasteiger partial charge is 0.251 e. The van der Waals surface area contributed by atoms with E-state index in [1.165, 1.54) is 0 Å². The molecule has 2 fully saturated rings. The number of carbonyl (C=O) groups is 1. The van der Waals surface area contributed by atoms with Crippen LogP contribution in [0, 0.1) is 0 Å². The molecule has 0 saturated carbocycles. The monoisotopic (exact) mass is 276 g/mol. The van der Waals surface area contributed by atoms with Crippen molar-refractivity contribution >= 4 is 5.91 Å². The highest BCUT2D eigenvalue weighted by Gasteiger charge is 2.38. The van der Waals surface area contributed by atoms with Crippen LogP contribution in [0.4, 0.5) is 0 Å². The van der Waals surface area contributed by atoms with Crippen LogP contribution in [0.5, 0.6) is 0 Å². The van der Waals surface area contributed by atoms with Crippen LogP contribution < -0.4 is 0 Å². The fourth-order valence-electron chi connectivity index (χ4n) is 2.97. The number of hydrogen-bond donors (Lipinski definition) is 1. The summed E-state index contributed by atoms with van der Waals surface area (Å²) >= 11 is 0. The van der Waals surface area contributed by atoms with Gasteiger partial charge in [-0.1, -0.05) is 6.07 Å². The molecule has 0 aliphatic carbocycles. The van der Waals surface area contributed by atoms with Gasteiger partial charge in [0, 0.05) is 25.9 Å². The van der Waals surface area contributed by atoms with Crippen molar-refractivity contribution < 1.29 is 14.6 Å². The van der Waals surface area contributed by atoms with Gasteiger partial charge in [0.15, 0.2) is 0 Å². The summed E-state index contributed by atoms with van der Waals surface area (Å²) in [4.78, 5) is 18.3. The van der Waals surface area contributed by atoms with Gasteiger partial charge in [-0.2, -0.15) is 0 Å². The molecule has 3 heterocycles. The molecule has 3 rings (SSSR count). The number of hydrogen-bond acceptors (Lipinski definition) is 4. The molecular weight excluding hydrogens is 256 g/mol. The average Bonchev–Trinajstić information content (AvgIpc) is 3.02. The van der Waals surface area contributed by atoms with E-state index in [2.05, 4.69) is 4.98 Å². The number of aliphatic hydroxyl groups is 1. The van der Waals surface area contributed by atoms with Gasteiger partial charge in [-0.3, -0.25) is 9.78 Å². The highest BCUT2D eigenvalue weighted by atomic mass is 16.5. The van der Waals surface area contributed by atoms with E-state index in [-0.39, 0.29) is 12.0 Å². The first-order valence-electron chi connectivity index (χ1n) is 7.23. The number of ether oxygens (including phenoxy) is 1. The molecule has 2 aliphatic rings. The molecular formula is C15H20N2O3. The summed E-state index contributed by atoms with van der Waals surface area (Å²) in [6.07, 6.45) is 4.26. The van der Waals surface area contributed by atoms with Crippen LogP contribution in [-0.4, -0.2) is 46.7 Å². The third-order valence-corrected chi connectivity index (χ3v) is 4.25. The van der Waals surface area contributed by atoms with Gasteiger partial charge in [0.2, 0.25) is 0 Å². The van der Waals surface area contributed by atoms with Gasteiger partial charge in [0.05, 0.1) is 5.69 Å². The summed E-state index contributed by atoms with van der Waals surface area (Å²) < 4.78 is 5.44. The fraction of sp³-hybridized carbons (Fsp3) is 0.600. The largest absolute Gasteiger partial charge is 0.383 e. The second-order valence-electron chi connectivity index (χ2n) is 5.57. The third kappa shape index (κ3) is 2.55. The zero-order chi connectivity index (χ0) is 14.0. The Morgan fingerprint density at radius 3 is 2.80 bits per heavy atom. The molecule has 1 aromatic rings. The van der Waals surface area contributed by atoms with Gasteiger partial charge >= 0.3 is 0 Å². The normalized spacial score (nSPS) is 25.6. The van der Waals surface area contributed by atoms with Crippen molar-refractivity contribution in [2.24, 2.45) is 0 Å². The summed E-state index contributed by atoms with van der Waals surface area (Å²) in [7, 11) is 0. The maximum atomic E-state index is 12.3. The topological polar surface area (TPSA) is 62.7 Å². The van der Waals surface area contributed by atoms with Crippen molar-refractivity contribution in [3.63, 3.8) is 0 Å². The highest BCUT2D eigenvalue weighted by Crippen LogP contribution is 2.32. The predicted octanol–water partition coefficient (Wildman–Crippen LogP) is 1.07. The Labute approximate surface area is 118 Å². The molecule has 0 radical (unpaired) electrons. The molecule has 0 spiro atoms. The Morgan fingerprint density at radius 2 is 2.20 bits per heavy atom. The SMILES string of the molecule is O=C([C@H]1CCCO1)N1CCC(O)(c2ccccn2)CC1. The van der Waals surface area contributed by atoms with Crippen LogP contribution in [0.2, 0.25) is 0 Å². The van der Waals surface area contributed by atoms with E-state index in [4.69, 9.17) is 4.74 Å². The van der Waals surface area contributed by atoms with E-state index in [9.17, 15) is 9.90 Å². The standard InChI is InChI=1S/C15H20N2O3/c18-14(12-4-3-11-20-12)17-9-6-15(19,7-10-17)13-5-1-2-8-16-13/h1-2,5,8,12,19H,3-4,6-7,9-11H2/t12-/m1/s1. The predicted molar refractivity (Wildman–Crippen MR) is 72.9 cm³/mol. The number of rotatable bonds is 2. The molecule has 1 amide bonds. The maximum absolute atomic E-state index is 12.3. The lowest BCUT2D eigenvalue weighted by atomic mass is 9.87. The van der Waals surface area contributed by atoms with Crippen LogP contribution in [0.3, 0.4) is 0 Å². The van der Waals surface area contributed by atoms with Crippen molar-refractivity contribution in [3.05, 3.63) is 30.1 Å². The summed E-state index contributed by atoms with van der Waals surface area (Å²) in [6, 6.07) is 5.56. The second-order valence-corrected chi connectivity index (χ2v) is 5.57. The van der Waals surface area contributed by atoms with Crippen LogP contribution >= 0.6 is 0 Å². The Kier molecular flexibility index (Phi) is 3.72. The highest BCUT2D eigenvalue weighted by molar-refractivity contribution is 5.81. The summed E-state index contributed by atoms with van der Waals surface area (Å²) in [6.45, 7) is 1.81. The number of likely N-dealkylation sites (tertiary alicyclic amines) is 1. The van der Waals surface area contributed by atoms with Gasteiger partial charge in [-0.25, -0.2) is 0 Å². The van der Waals surface area contributed by atoms with Crippen LogP contribution in [0.15, 0.2) is 24.4 Å². The number of amides is 1. The minimum Gasteiger partial charge on any atom is -0.383 e. The van der Waals surface area contributed by atoms with Crippen LogP contribution in [-0.2, 0) is 15.1 Å². The zero-order valence-corrected chi connectivity index (χ0v) is 11.5. The number of aromatic nitrogens is 1. The first-order chi connectivity index (χ1) is 9.69. The van der Waals surface area contributed by atoms with Crippen LogP contribution in [0.1, 0.15) is 31.4 Å². The lowest BCUT2D eigenvalue weighted by Crippen LogP contribution is -2.48. The van der Waals surface area contributed by atoms with Crippen molar-refractivity contribution in [2.45, 2.75) is 37.4 Å². The van der Waals surface area contributed by atoms with Crippen LogP contribution in [0.25, 0.3) is 0 Å². The van der Waals surface area contributed by atoms with E-state index in [1.54, 1.807) is 6.20 Å². The lowest BCUT2D eigenvalue weighted by molar-refractivity contribution is -0.145. The molecule has 5 heteroatoms. The summed E-state index contributed by atoms with van der Waals surface area (Å²) in [5, 5.41) is 10.7. The van der Waals surface area contributed by atoms with E-state index in [0.29, 0.717) is 38.2 Å². The van der Waals surface area contributed by atoms with Gasteiger partial charge < -0.3 is 14.7 Å². The minimum atomic E-state index is -0.908. The second kappa shape index (κ2) is 5.50. The molecule has 1 aromatic heterocycles. The van der Waals surface area contributed by atoms with E-state index >= 15 is 0 Å². The molecule has 1 atom stereocenters. The van der Waals surface area contributed by atoms with Crippen molar-refractivity contribution in [1.82, 2.24) is 9.88 Å². The van der Waals surface area contributed by atoms with E-state index < -0.39 is 5.60 Å². The summed E-state index contributed by atoms with van der Waals surface area (Å²) in [5.41, 5.74) is -0.210. The Hall–Kier alpha value is -1.46. The van der Waals surface area contributed by atoms with Crippen molar-refractivity contribution in [3.8, 4) is 0 Å². The van der Waals surface area contributed by atoms with Crippen molar-refractivity contribution in [2.75, 3.05) is 19.7 Å². The molecule has 2 saturated heterocycles. The number of piperidine rings is 1. The maximum Gasteiger partial charge on any atom is 0.251 e. The number of nitrogens with zero attached hydrogens (tertiary/aromatic N) is 2. The minimum absolute atomic E-state index is 0.0746.